The van der Waals surface area contributed by atoms with Crippen molar-refractivity contribution in [2.75, 3.05) is 19.1 Å². The number of benzene rings is 4. The maximum Gasteiger partial charge on any atom is 0.258 e. The van der Waals surface area contributed by atoms with Crippen molar-refractivity contribution in [3.05, 3.63) is 101 Å². The van der Waals surface area contributed by atoms with Crippen LogP contribution in [0, 0.1) is 0 Å². The summed E-state index contributed by atoms with van der Waals surface area (Å²) in [5.41, 5.74) is 2.40. The molecule has 0 N–H and O–H groups in total. The number of halogens is 1. The molecule has 1 amide bonds. The van der Waals surface area contributed by atoms with Crippen molar-refractivity contribution in [1.82, 2.24) is 0 Å². The molecule has 0 atom stereocenters. The van der Waals surface area contributed by atoms with Crippen molar-refractivity contribution in [3.8, 4) is 11.5 Å². The van der Waals surface area contributed by atoms with Crippen molar-refractivity contribution in [2.45, 2.75) is 6.54 Å². The molecule has 0 spiro atoms. The molecule has 0 saturated carbocycles. The first kappa shape index (κ1) is 20.9. The van der Waals surface area contributed by atoms with Gasteiger partial charge in [0.1, 0.15) is 0 Å². The minimum absolute atomic E-state index is 0.0707. The molecule has 4 rings (SSSR count). The first-order valence-electron chi connectivity index (χ1n) is 9.87. The molecular weight excluding hydrogens is 454 g/mol. The van der Waals surface area contributed by atoms with Crippen LogP contribution in [-0.2, 0) is 6.54 Å². The van der Waals surface area contributed by atoms with E-state index in [9.17, 15) is 4.79 Å². The minimum Gasteiger partial charge on any atom is -0.493 e. The summed E-state index contributed by atoms with van der Waals surface area (Å²) in [6, 6.07) is 27.2. The number of anilines is 1. The zero-order valence-electron chi connectivity index (χ0n) is 17.3. The highest BCUT2D eigenvalue weighted by molar-refractivity contribution is 9.10. The first-order valence-corrected chi connectivity index (χ1v) is 10.7. The highest BCUT2D eigenvalue weighted by Crippen LogP contribution is 2.36. The lowest BCUT2D eigenvalue weighted by atomic mass is 10.1. The summed E-state index contributed by atoms with van der Waals surface area (Å²) in [5, 5.41) is 2.10. The Morgan fingerprint density at radius 3 is 2.23 bits per heavy atom. The zero-order valence-corrected chi connectivity index (χ0v) is 18.9. The van der Waals surface area contributed by atoms with Crippen molar-refractivity contribution in [3.63, 3.8) is 0 Å². The number of carbonyl (C=O) groups is 1. The Morgan fingerprint density at radius 1 is 0.839 bits per heavy atom. The van der Waals surface area contributed by atoms with Crippen LogP contribution < -0.4 is 14.4 Å². The Kier molecular flexibility index (Phi) is 6.23. The van der Waals surface area contributed by atoms with Crippen LogP contribution in [0.5, 0.6) is 11.5 Å². The number of hydrogen-bond donors (Lipinski definition) is 0. The van der Waals surface area contributed by atoms with Gasteiger partial charge in [0.15, 0.2) is 11.5 Å². The van der Waals surface area contributed by atoms with Crippen molar-refractivity contribution in [2.24, 2.45) is 0 Å². The fourth-order valence-corrected chi connectivity index (χ4v) is 4.08. The summed E-state index contributed by atoms with van der Waals surface area (Å²) in [6.07, 6.45) is 0. The molecule has 0 aromatic heterocycles. The first-order chi connectivity index (χ1) is 15.1. The molecule has 31 heavy (non-hydrogen) atoms. The lowest BCUT2D eigenvalue weighted by Gasteiger charge is -2.26. The third-order valence-electron chi connectivity index (χ3n) is 5.20. The van der Waals surface area contributed by atoms with Gasteiger partial charge in [-0.15, -0.1) is 0 Å². The van der Waals surface area contributed by atoms with E-state index in [1.54, 1.807) is 14.2 Å². The number of fused-ring (bicyclic) bond motifs is 1. The third kappa shape index (κ3) is 4.28. The van der Waals surface area contributed by atoms with Gasteiger partial charge in [0.2, 0.25) is 0 Å². The van der Waals surface area contributed by atoms with Gasteiger partial charge in [-0.05, 0) is 41.3 Å². The van der Waals surface area contributed by atoms with Crippen molar-refractivity contribution in [1.29, 1.82) is 0 Å². The van der Waals surface area contributed by atoms with Gasteiger partial charge in [0.25, 0.3) is 5.91 Å². The maximum atomic E-state index is 13.6. The number of hydrogen-bond acceptors (Lipinski definition) is 3. The van der Waals surface area contributed by atoms with Crippen molar-refractivity contribution < 1.29 is 14.3 Å². The molecule has 0 unspecified atom stereocenters. The molecule has 4 aromatic rings. The predicted octanol–water partition coefficient (Wildman–Crippen LogP) is 6.47. The summed E-state index contributed by atoms with van der Waals surface area (Å²) in [4.78, 5) is 15.4. The van der Waals surface area contributed by atoms with Crippen LogP contribution in [0.25, 0.3) is 10.8 Å². The van der Waals surface area contributed by atoms with Crippen LogP contribution in [0.2, 0.25) is 0 Å². The lowest BCUT2D eigenvalue weighted by molar-refractivity contribution is 0.0985. The SMILES string of the molecule is COc1cc(Br)c(CN(C(=O)c2ccccc2)c2cccc3ccccc23)cc1OC. The summed E-state index contributed by atoms with van der Waals surface area (Å²) in [5.74, 6) is 1.17. The maximum absolute atomic E-state index is 13.6. The van der Waals surface area contributed by atoms with Gasteiger partial charge in [-0.2, -0.15) is 0 Å². The van der Waals surface area contributed by atoms with Crippen LogP contribution in [0.15, 0.2) is 89.4 Å². The van der Waals surface area contributed by atoms with Gasteiger partial charge < -0.3 is 14.4 Å². The predicted molar refractivity (Wildman–Crippen MR) is 128 cm³/mol. The summed E-state index contributed by atoms with van der Waals surface area (Å²) >= 11 is 3.63. The van der Waals surface area contributed by atoms with Gasteiger partial charge >= 0.3 is 0 Å². The summed E-state index contributed by atoms with van der Waals surface area (Å²) < 4.78 is 11.7. The molecule has 4 nitrogen and oxygen atoms in total. The van der Waals surface area contributed by atoms with E-state index in [1.807, 2.05) is 77.7 Å². The number of amides is 1. The number of nitrogens with zero attached hydrogens (tertiary/aromatic N) is 1. The van der Waals surface area contributed by atoms with Crippen LogP contribution in [0.4, 0.5) is 5.69 Å². The highest BCUT2D eigenvalue weighted by Gasteiger charge is 2.22. The third-order valence-corrected chi connectivity index (χ3v) is 5.94. The molecule has 156 valence electrons. The second-order valence-electron chi connectivity index (χ2n) is 7.05. The molecule has 0 heterocycles. The minimum atomic E-state index is -0.0707. The van der Waals surface area contributed by atoms with Gasteiger partial charge in [-0.3, -0.25) is 4.79 Å². The zero-order chi connectivity index (χ0) is 21.8. The number of rotatable bonds is 6. The van der Waals surface area contributed by atoms with Gasteiger partial charge in [0.05, 0.1) is 26.5 Å². The van der Waals surface area contributed by atoms with Crippen LogP contribution >= 0.6 is 15.9 Å². The molecule has 0 aliphatic rings. The van der Waals surface area contributed by atoms with E-state index in [0.717, 1.165) is 26.5 Å². The van der Waals surface area contributed by atoms with Gasteiger partial charge in [-0.1, -0.05) is 70.5 Å². The molecule has 0 aliphatic carbocycles. The second kappa shape index (κ2) is 9.23. The smallest absolute Gasteiger partial charge is 0.258 e. The monoisotopic (exact) mass is 475 g/mol. The van der Waals surface area contributed by atoms with E-state index in [0.29, 0.717) is 23.6 Å². The van der Waals surface area contributed by atoms with Crippen LogP contribution in [-0.4, -0.2) is 20.1 Å². The Morgan fingerprint density at radius 2 is 1.48 bits per heavy atom. The molecule has 0 bridgehead atoms. The summed E-state index contributed by atoms with van der Waals surface area (Å²) in [7, 11) is 3.21. The summed E-state index contributed by atoms with van der Waals surface area (Å²) in [6.45, 7) is 0.364. The standard InChI is InChI=1S/C26H22BrNO3/c1-30-24-15-20(22(27)16-25(24)31-2)17-28(26(29)19-10-4-3-5-11-19)23-14-8-12-18-9-6-7-13-21(18)23/h3-16H,17H2,1-2H3. The quantitative estimate of drug-likeness (QED) is 0.320. The molecule has 0 saturated heterocycles. The van der Waals surface area contributed by atoms with E-state index in [4.69, 9.17) is 9.47 Å². The Hall–Kier alpha value is -3.31. The van der Waals surface area contributed by atoms with Gasteiger partial charge in [-0.25, -0.2) is 0 Å². The molecule has 0 fully saturated rings. The van der Waals surface area contributed by atoms with E-state index in [1.165, 1.54) is 0 Å². The highest BCUT2D eigenvalue weighted by atomic mass is 79.9. The topological polar surface area (TPSA) is 38.8 Å². The van der Waals surface area contributed by atoms with E-state index < -0.39 is 0 Å². The van der Waals surface area contributed by atoms with E-state index >= 15 is 0 Å². The number of carbonyl (C=O) groups excluding carboxylic acids is 1. The van der Waals surface area contributed by atoms with E-state index in [2.05, 4.69) is 28.1 Å². The average Bonchev–Trinajstić information content (AvgIpc) is 2.83. The fraction of sp³-hybridized carbons (Fsp3) is 0.115. The molecule has 0 aliphatic heterocycles. The molecule has 4 aromatic carbocycles. The average molecular weight is 476 g/mol. The van der Waals surface area contributed by atoms with E-state index in [-0.39, 0.29) is 5.91 Å². The second-order valence-corrected chi connectivity index (χ2v) is 7.91. The number of ether oxygens (including phenoxy) is 2. The molecule has 5 heteroatoms. The molecule has 0 radical (unpaired) electrons. The lowest BCUT2D eigenvalue weighted by Crippen LogP contribution is -2.30. The molecular formula is C26H22BrNO3. The van der Waals surface area contributed by atoms with Crippen molar-refractivity contribution >= 4 is 38.3 Å². The van der Waals surface area contributed by atoms with Crippen LogP contribution in [0.1, 0.15) is 15.9 Å². The van der Waals surface area contributed by atoms with Crippen LogP contribution in [0.3, 0.4) is 0 Å². The Labute approximate surface area is 190 Å². The normalized spacial score (nSPS) is 10.7. The van der Waals surface area contributed by atoms with Gasteiger partial charge in [0, 0.05) is 15.4 Å². The Bertz CT molecular complexity index is 1220. The Balaban J connectivity index is 1.85. The largest absolute Gasteiger partial charge is 0.493 e. The fourth-order valence-electron chi connectivity index (χ4n) is 3.63. The number of methoxy groups -OCH3 is 2.